The van der Waals surface area contributed by atoms with Gasteiger partial charge in [0, 0.05) is 6.07 Å². The minimum atomic E-state index is -1.52. The fraction of sp³-hybridized carbons (Fsp3) is 0.0769. The first kappa shape index (κ1) is 14.9. The van der Waals surface area contributed by atoms with Crippen molar-refractivity contribution >= 4 is 23.0 Å². The second kappa shape index (κ2) is 5.86. The quantitative estimate of drug-likeness (QED) is 0.689. The SMILES string of the molecule is O=[N+]([O-])c1ccc(Cl)c([N+](=O)[O-])c1C(O)c1ccccc1. The van der Waals surface area contributed by atoms with E-state index in [2.05, 4.69) is 0 Å². The predicted octanol–water partition coefficient (Wildman–Crippen LogP) is 3.24. The maximum absolute atomic E-state index is 11.1. The summed E-state index contributed by atoms with van der Waals surface area (Å²) >= 11 is 5.76. The van der Waals surface area contributed by atoms with Crippen LogP contribution in [0.2, 0.25) is 5.02 Å². The van der Waals surface area contributed by atoms with Gasteiger partial charge in [0.25, 0.3) is 5.69 Å². The molecule has 0 fully saturated rings. The largest absolute Gasteiger partial charge is 0.383 e. The number of nitro groups is 2. The lowest BCUT2D eigenvalue weighted by molar-refractivity contribution is -0.396. The maximum Gasteiger partial charge on any atom is 0.300 e. The molecule has 2 aromatic rings. The van der Waals surface area contributed by atoms with Crippen molar-refractivity contribution in [1.82, 2.24) is 0 Å². The smallest absolute Gasteiger partial charge is 0.300 e. The number of hydrogen-bond acceptors (Lipinski definition) is 5. The minimum absolute atomic E-state index is 0.268. The summed E-state index contributed by atoms with van der Waals surface area (Å²) in [5.41, 5.74) is -1.35. The van der Waals surface area contributed by atoms with E-state index in [-0.39, 0.29) is 5.02 Å². The summed E-state index contributed by atoms with van der Waals surface area (Å²) in [5.74, 6) is 0. The number of halogens is 1. The Morgan fingerprint density at radius 3 is 2.14 bits per heavy atom. The monoisotopic (exact) mass is 308 g/mol. The molecule has 0 saturated carbocycles. The lowest BCUT2D eigenvalue weighted by atomic mass is 9.98. The molecule has 0 heterocycles. The predicted molar refractivity (Wildman–Crippen MR) is 75.3 cm³/mol. The van der Waals surface area contributed by atoms with Crippen molar-refractivity contribution in [3.05, 3.63) is 78.8 Å². The normalized spacial score (nSPS) is 11.9. The number of nitrogens with zero attached hydrogens (tertiary/aromatic N) is 2. The van der Waals surface area contributed by atoms with E-state index in [0.717, 1.165) is 12.1 Å². The molecule has 0 aliphatic heterocycles. The fourth-order valence-electron chi connectivity index (χ4n) is 1.99. The van der Waals surface area contributed by atoms with Crippen LogP contribution in [0.15, 0.2) is 42.5 Å². The standard InChI is InChI=1S/C13H9ClN2O5/c14-9-6-7-10(15(18)19)11(12(9)16(20)21)13(17)8-4-2-1-3-5-8/h1-7,13,17H. The van der Waals surface area contributed by atoms with Crippen molar-refractivity contribution in [3.63, 3.8) is 0 Å². The molecule has 0 aromatic heterocycles. The van der Waals surface area contributed by atoms with E-state index in [1.807, 2.05) is 0 Å². The van der Waals surface area contributed by atoms with Crippen LogP contribution in [0.1, 0.15) is 17.2 Å². The molecule has 2 aromatic carbocycles. The third-order valence-electron chi connectivity index (χ3n) is 2.91. The van der Waals surface area contributed by atoms with Crippen molar-refractivity contribution in [2.75, 3.05) is 0 Å². The molecule has 0 aliphatic rings. The maximum atomic E-state index is 11.1. The average molecular weight is 309 g/mol. The summed E-state index contributed by atoms with van der Waals surface area (Å²) in [5, 5.41) is 32.3. The Kier molecular flexibility index (Phi) is 4.15. The number of hydrogen-bond donors (Lipinski definition) is 1. The number of benzene rings is 2. The second-order valence-electron chi connectivity index (χ2n) is 4.16. The van der Waals surface area contributed by atoms with Gasteiger partial charge < -0.3 is 5.11 Å². The topological polar surface area (TPSA) is 107 Å². The molecule has 1 unspecified atom stereocenters. The van der Waals surface area contributed by atoms with E-state index >= 15 is 0 Å². The van der Waals surface area contributed by atoms with E-state index < -0.39 is 32.9 Å². The van der Waals surface area contributed by atoms with Crippen LogP contribution in [-0.4, -0.2) is 15.0 Å². The zero-order valence-electron chi connectivity index (χ0n) is 10.5. The van der Waals surface area contributed by atoms with Gasteiger partial charge in [-0.05, 0) is 11.6 Å². The van der Waals surface area contributed by atoms with Gasteiger partial charge in [0.1, 0.15) is 16.7 Å². The van der Waals surface area contributed by atoms with Crippen LogP contribution >= 0.6 is 11.6 Å². The van der Waals surface area contributed by atoms with Gasteiger partial charge in [-0.25, -0.2) is 0 Å². The van der Waals surface area contributed by atoms with Crippen LogP contribution in [0.4, 0.5) is 11.4 Å². The molecule has 21 heavy (non-hydrogen) atoms. The van der Waals surface area contributed by atoms with Gasteiger partial charge in [-0.3, -0.25) is 20.2 Å². The molecule has 0 amide bonds. The molecular formula is C13H9ClN2O5. The highest BCUT2D eigenvalue weighted by molar-refractivity contribution is 6.33. The van der Waals surface area contributed by atoms with Crippen molar-refractivity contribution in [1.29, 1.82) is 0 Å². The summed E-state index contributed by atoms with van der Waals surface area (Å²) in [4.78, 5) is 20.6. The van der Waals surface area contributed by atoms with Crippen molar-refractivity contribution in [3.8, 4) is 0 Å². The van der Waals surface area contributed by atoms with Crippen molar-refractivity contribution in [2.45, 2.75) is 6.10 Å². The molecule has 2 rings (SSSR count). The molecule has 1 atom stereocenters. The van der Waals surface area contributed by atoms with Gasteiger partial charge in [0.05, 0.1) is 9.85 Å². The average Bonchev–Trinajstić information content (AvgIpc) is 2.46. The first-order chi connectivity index (χ1) is 9.93. The van der Waals surface area contributed by atoms with Gasteiger partial charge in [0.15, 0.2) is 0 Å². The highest BCUT2D eigenvalue weighted by atomic mass is 35.5. The minimum Gasteiger partial charge on any atom is -0.383 e. The zero-order chi connectivity index (χ0) is 15.6. The lowest BCUT2D eigenvalue weighted by Crippen LogP contribution is -2.08. The summed E-state index contributed by atoms with van der Waals surface area (Å²) in [7, 11) is 0. The van der Waals surface area contributed by atoms with Gasteiger partial charge in [-0.15, -0.1) is 0 Å². The number of aliphatic hydroxyl groups excluding tert-OH is 1. The van der Waals surface area contributed by atoms with Gasteiger partial charge >= 0.3 is 5.69 Å². The Morgan fingerprint density at radius 1 is 1.00 bits per heavy atom. The van der Waals surface area contributed by atoms with Crippen LogP contribution in [0, 0.1) is 20.2 Å². The Labute approximate surface area is 123 Å². The summed E-state index contributed by atoms with van der Waals surface area (Å²) in [6, 6.07) is 10.0. The highest BCUT2D eigenvalue weighted by Gasteiger charge is 2.33. The molecule has 1 N–H and O–H groups in total. The highest BCUT2D eigenvalue weighted by Crippen LogP contribution is 2.41. The van der Waals surface area contributed by atoms with E-state index in [1.54, 1.807) is 18.2 Å². The third-order valence-corrected chi connectivity index (χ3v) is 3.22. The Morgan fingerprint density at radius 2 is 1.62 bits per heavy atom. The number of nitro benzene ring substituents is 2. The first-order valence-electron chi connectivity index (χ1n) is 5.77. The molecule has 7 nitrogen and oxygen atoms in total. The van der Waals surface area contributed by atoms with E-state index in [4.69, 9.17) is 11.6 Å². The van der Waals surface area contributed by atoms with Gasteiger partial charge in [0.2, 0.25) is 0 Å². The molecule has 108 valence electrons. The first-order valence-corrected chi connectivity index (χ1v) is 6.15. The molecule has 8 heteroatoms. The second-order valence-corrected chi connectivity index (χ2v) is 4.56. The van der Waals surface area contributed by atoms with Crippen LogP contribution in [-0.2, 0) is 0 Å². The van der Waals surface area contributed by atoms with Crippen LogP contribution in [0.5, 0.6) is 0 Å². The molecular weight excluding hydrogens is 300 g/mol. The lowest BCUT2D eigenvalue weighted by Gasteiger charge is -2.12. The number of rotatable bonds is 4. The van der Waals surface area contributed by atoms with Crippen LogP contribution in [0.25, 0.3) is 0 Å². The van der Waals surface area contributed by atoms with E-state index in [0.29, 0.717) is 5.56 Å². The Hall–Kier alpha value is -2.51. The fourth-order valence-corrected chi connectivity index (χ4v) is 2.22. The molecule has 0 saturated heterocycles. The van der Waals surface area contributed by atoms with Crippen molar-refractivity contribution in [2.24, 2.45) is 0 Å². The summed E-state index contributed by atoms with van der Waals surface area (Å²) in [6.07, 6.45) is -1.52. The van der Waals surface area contributed by atoms with E-state index in [1.165, 1.54) is 12.1 Å². The van der Waals surface area contributed by atoms with Crippen LogP contribution in [0.3, 0.4) is 0 Å². The molecule has 0 bridgehead atoms. The van der Waals surface area contributed by atoms with E-state index in [9.17, 15) is 25.3 Å². The molecule has 0 spiro atoms. The summed E-state index contributed by atoms with van der Waals surface area (Å²) < 4.78 is 0. The Bertz CT molecular complexity index is 705. The summed E-state index contributed by atoms with van der Waals surface area (Å²) in [6.45, 7) is 0. The zero-order valence-corrected chi connectivity index (χ0v) is 11.2. The molecule has 0 radical (unpaired) electrons. The van der Waals surface area contributed by atoms with Gasteiger partial charge in [-0.2, -0.15) is 0 Å². The van der Waals surface area contributed by atoms with Gasteiger partial charge in [-0.1, -0.05) is 41.9 Å². The van der Waals surface area contributed by atoms with Crippen molar-refractivity contribution < 1.29 is 15.0 Å². The Balaban J connectivity index is 2.73. The third kappa shape index (κ3) is 2.83. The number of aliphatic hydroxyl groups is 1. The van der Waals surface area contributed by atoms with Crippen LogP contribution < -0.4 is 0 Å². The molecule has 0 aliphatic carbocycles.